The van der Waals surface area contributed by atoms with Crippen LogP contribution in [0.15, 0.2) is 0 Å². The molecule has 0 heterocycles. The van der Waals surface area contributed by atoms with Crippen molar-refractivity contribution >= 4 is 0 Å². The molecule has 0 bridgehead atoms. The molecule has 70 valence electrons. The van der Waals surface area contributed by atoms with Crippen LogP contribution in [0, 0.1) is 17.8 Å². The lowest BCUT2D eigenvalue weighted by atomic mass is 9.96. The van der Waals surface area contributed by atoms with Gasteiger partial charge in [0.1, 0.15) is 0 Å². The smallest absolute Gasteiger partial charge is 0.0245 e. The van der Waals surface area contributed by atoms with Crippen LogP contribution in [0.4, 0.5) is 0 Å². The van der Waals surface area contributed by atoms with E-state index in [1.54, 1.807) is 0 Å². The van der Waals surface area contributed by atoms with Gasteiger partial charge in [-0.1, -0.05) is 20.3 Å². The average Bonchev–Trinajstić information content (AvgIpc) is 2.11. The third-order valence-electron chi connectivity index (χ3n) is 2.30. The second-order valence-corrected chi connectivity index (χ2v) is 3.12. The predicted molar refractivity (Wildman–Crippen MR) is 53.3 cm³/mol. The summed E-state index contributed by atoms with van der Waals surface area (Å²) in [7, 11) is 0. The number of rotatable bonds is 5. The van der Waals surface area contributed by atoms with E-state index < -0.39 is 0 Å². The lowest BCUT2D eigenvalue weighted by Gasteiger charge is -2.20. The van der Waals surface area contributed by atoms with Crippen molar-refractivity contribution in [3.05, 3.63) is 0 Å². The molecule has 0 aromatic carbocycles. The number of hydrazine groups is 1. The molecule has 0 spiro atoms. The molecule has 12 heavy (non-hydrogen) atoms. The van der Waals surface area contributed by atoms with Gasteiger partial charge in [-0.25, -0.2) is 0 Å². The van der Waals surface area contributed by atoms with Crippen molar-refractivity contribution in [2.75, 3.05) is 0 Å². The second-order valence-electron chi connectivity index (χ2n) is 3.12. The highest BCUT2D eigenvalue weighted by Crippen LogP contribution is 2.11. The first-order valence-corrected chi connectivity index (χ1v) is 4.62. The molecule has 0 fully saturated rings. The van der Waals surface area contributed by atoms with Gasteiger partial charge in [0.05, 0.1) is 0 Å². The van der Waals surface area contributed by atoms with Crippen molar-refractivity contribution < 1.29 is 0 Å². The molecule has 2 unspecified atom stereocenters. The quantitative estimate of drug-likeness (QED) is 0.372. The lowest BCUT2D eigenvalue weighted by molar-refractivity contribution is 0.356. The molecule has 2 heteroatoms. The molecule has 0 aromatic heterocycles. The fraction of sp³-hybridized carbons (Fsp3) is 0.800. The summed E-state index contributed by atoms with van der Waals surface area (Å²) in [6.45, 7) is 6.26. The molecule has 3 N–H and O–H groups in total. The topological polar surface area (TPSA) is 38.0 Å². The predicted octanol–water partition coefficient (Wildman–Crippen LogP) is 1.67. The van der Waals surface area contributed by atoms with E-state index in [1.807, 2.05) is 6.92 Å². The van der Waals surface area contributed by atoms with E-state index in [2.05, 4.69) is 31.1 Å². The van der Waals surface area contributed by atoms with Crippen LogP contribution < -0.4 is 11.3 Å². The summed E-state index contributed by atoms with van der Waals surface area (Å²) in [5.74, 6) is 12.0. The first-order chi connectivity index (χ1) is 5.76. The Labute approximate surface area is 75.9 Å². The molecule has 0 aromatic rings. The van der Waals surface area contributed by atoms with E-state index in [9.17, 15) is 0 Å². The molecule has 0 amide bonds. The van der Waals surface area contributed by atoms with E-state index in [0.717, 1.165) is 19.3 Å². The van der Waals surface area contributed by atoms with Gasteiger partial charge in [0, 0.05) is 12.5 Å². The first kappa shape index (κ1) is 11.5. The van der Waals surface area contributed by atoms with E-state index >= 15 is 0 Å². The Morgan fingerprint density at radius 3 is 2.58 bits per heavy atom. The zero-order valence-electron chi connectivity index (χ0n) is 8.35. The maximum Gasteiger partial charge on any atom is 0.0245 e. The molecule has 0 aliphatic carbocycles. The minimum absolute atomic E-state index is 0.413. The fourth-order valence-corrected chi connectivity index (χ4v) is 1.17. The van der Waals surface area contributed by atoms with Gasteiger partial charge in [-0.3, -0.25) is 11.3 Å². The normalized spacial score (nSPS) is 14.7. The van der Waals surface area contributed by atoms with E-state index in [-0.39, 0.29) is 0 Å². The summed E-state index contributed by atoms with van der Waals surface area (Å²) in [5, 5.41) is 0. The molecule has 0 radical (unpaired) electrons. The summed E-state index contributed by atoms with van der Waals surface area (Å²) >= 11 is 0. The summed E-state index contributed by atoms with van der Waals surface area (Å²) < 4.78 is 0. The molecular weight excluding hydrogens is 148 g/mol. The highest BCUT2D eigenvalue weighted by Gasteiger charge is 2.12. The van der Waals surface area contributed by atoms with Gasteiger partial charge in [0.15, 0.2) is 0 Å². The van der Waals surface area contributed by atoms with Crippen LogP contribution in [0.5, 0.6) is 0 Å². The Morgan fingerprint density at radius 2 is 2.17 bits per heavy atom. The van der Waals surface area contributed by atoms with Crippen LogP contribution in [0.2, 0.25) is 0 Å². The Hall–Kier alpha value is -0.520. The van der Waals surface area contributed by atoms with Gasteiger partial charge in [0.25, 0.3) is 0 Å². The molecular formula is C10H20N2. The van der Waals surface area contributed by atoms with Crippen molar-refractivity contribution in [1.29, 1.82) is 0 Å². The van der Waals surface area contributed by atoms with Crippen LogP contribution >= 0.6 is 0 Å². The Bertz CT molecular complexity index is 155. The van der Waals surface area contributed by atoms with Gasteiger partial charge < -0.3 is 0 Å². The van der Waals surface area contributed by atoms with E-state index in [1.165, 1.54) is 0 Å². The Kier molecular flexibility index (Phi) is 6.84. The minimum Gasteiger partial charge on any atom is -0.271 e. The minimum atomic E-state index is 0.413. The van der Waals surface area contributed by atoms with Crippen LogP contribution in [0.1, 0.15) is 40.0 Å². The number of nitrogens with one attached hydrogen (secondary N) is 1. The van der Waals surface area contributed by atoms with Crippen molar-refractivity contribution in [1.82, 2.24) is 5.43 Å². The van der Waals surface area contributed by atoms with E-state index in [0.29, 0.717) is 12.0 Å². The third-order valence-corrected chi connectivity index (χ3v) is 2.30. The largest absolute Gasteiger partial charge is 0.271 e. The SMILES string of the molecule is CC#CCCC(NN)C(C)CC. The molecule has 2 atom stereocenters. The Balaban J connectivity index is 3.71. The van der Waals surface area contributed by atoms with Crippen molar-refractivity contribution in [3.63, 3.8) is 0 Å². The van der Waals surface area contributed by atoms with Crippen molar-refractivity contribution in [2.24, 2.45) is 11.8 Å². The van der Waals surface area contributed by atoms with Gasteiger partial charge in [0.2, 0.25) is 0 Å². The standard InChI is InChI=1S/C10H20N2/c1-4-6-7-8-10(12-11)9(3)5-2/h9-10,12H,5,7-8,11H2,1-3H3. The summed E-state index contributed by atoms with van der Waals surface area (Å²) in [6, 6.07) is 0.413. The fourth-order valence-electron chi connectivity index (χ4n) is 1.17. The molecule has 0 aliphatic heterocycles. The highest BCUT2D eigenvalue weighted by atomic mass is 15.2. The lowest BCUT2D eigenvalue weighted by Crippen LogP contribution is -2.39. The van der Waals surface area contributed by atoms with Crippen LogP contribution in [0.25, 0.3) is 0 Å². The average molecular weight is 168 g/mol. The zero-order chi connectivity index (χ0) is 9.40. The molecule has 0 aliphatic rings. The van der Waals surface area contributed by atoms with Gasteiger partial charge in [-0.05, 0) is 19.3 Å². The van der Waals surface area contributed by atoms with Crippen LogP contribution in [0.3, 0.4) is 0 Å². The maximum atomic E-state index is 5.43. The van der Waals surface area contributed by atoms with Crippen molar-refractivity contribution in [2.45, 2.75) is 46.1 Å². The van der Waals surface area contributed by atoms with Crippen LogP contribution in [-0.2, 0) is 0 Å². The summed E-state index contributed by atoms with van der Waals surface area (Å²) in [5.41, 5.74) is 2.84. The zero-order valence-corrected chi connectivity index (χ0v) is 8.35. The Morgan fingerprint density at radius 1 is 1.50 bits per heavy atom. The molecule has 2 nitrogen and oxygen atoms in total. The number of nitrogens with two attached hydrogens (primary N) is 1. The van der Waals surface area contributed by atoms with Crippen molar-refractivity contribution in [3.8, 4) is 11.8 Å². The number of hydrogen-bond donors (Lipinski definition) is 2. The van der Waals surface area contributed by atoms with Gasteiger partial charge in [-0.15, -0.1) is 11.8 Å². The molecule has 0 rings (SSSR count). The first-order valence-electron chi connectivity index (χ1n) is 4.62. The second kappa shape index (κ2) is 7.15. The van der Waals surface area contributed by atoms with Crippen LogP contribution in [-0.4, -0.2) is 6.04 Å². The summed E-state index contributed by atoms with van der Waals surface area (Å²) in [6.07, 6.45) is 3.15. The third kappa shape index (κ3) is 4.38. The summed E-state index contributed by atoms with van der Waals surface area (Å²) in [4.78, 5) is 0. The highest BCUT2D eigenvalue weighted by molar-refractivity contribution is 4.95. The van der Waals surface area contributed by atoms with E-state index in [4.69, 9.17) is 5.84 Å². The molecule has 0 saturated heterocycles. The maximum absolute atomic E-state index is 5.43. The molecule has 0 saturated carbocycles. The monoisotopic (exact) mass is 168 g/mol. The number of hydrogen-bond acceptors (Lipinski definition) is 2. The van der Waals surface area contributed by atoms with Gasteiger partial charge in [-0.2, -0.15) is 0 Å². The van der Waals surface area contributed by atoms with Gasteiger partial charge >= 0.3 is 0 Å².